The molecule has 0 unspecified atom stereocenters. The summed E-state index contributed by atoms with van der Waals surface area (Å²) in [7, 11) is 0. The summed E-state index contributed by atoms with van der Waals surface area (Å²) in [5, 5.41) is 0. The predicted molar refractivity (Wildman–Crippen MR) is 134 cm³/mol. The fraction of sp³-hybridized carbons (Fsp3) is 0.192. The van der Waals surface area contributed by atoms with Gasteiger partial charge in [0.25, 0.3) is 5.91 Å². The van der Waals surface area contributed by atoms with Crippen LogP contribution in [0.2, 0.25) is 0 Å². The van der Waals surface area contributed by atoms with Crippen molar-refractivity contribution in [2.24, 2.45) is 5.92 Å². The first-order valence-corrected chi connectivity index (χ1v) is 11.8. The zero-order valence-electron chi connectivity index (χ0n) is 18.3. The van der Waals surface area contributed by atoms with Gasteiger partial charge >= 0.3 is 5.97 Å². The van der Waals surface area contributed by atoms with Crippen LogP contribution in [-0.4, -0.2) is 27.7 Å². The minimum absolute atomic E-state index is 0.129. The highest BCUT2D eigenvalue weighted by Gasteiger charge is 2.32. The van der Waals surface area contributed by atoms with E-state index in [1.165, 1.54) is 11.8 Å². The quantitative estimate of drug-likeness (QED) is 0.231. The molecule has 33 heavy (non-hydrogen) atoms. The Morgan fingerprint density at radius 1 is 1.09 bits per heavy atom. The lowest BCUT2D eigenvalue weighted by atomic mass is 10.1. The average molecular weight is 478 g/mol. The Balaban J connectivity index is 1.44. The monoisotopic (exact) mass is 477 g/mol. The van der Waals surface area contributed by atoms with Crippen LogP contribution in [0, 0.1) is 5.92 Å². The van der Waals surface area contributed by atoms with E-state index in [0.29, 0.717) is 39.5 Å². The van der Waals surface area contributed by atoms with Crippen LogP contribution in [0.5, 0.6) is 0 Å². The molecular weight excluding hydrogens is 454 g/mol. The number of nitrogens with zero attached hydrogens (tertiary/aromatic N) is 1. The molecular formula is C26H23NO4S2. The maximum atomic E-state index is 12.9. The van der Waals surface area contributed by atoms with Gasteiger partial charge in [-0.25, -0.2) is 4.79 Å². The van der Waals surface area contributed by atoms with E-state index in [9.17, 15) is 9.59 Å². The predicted octanol–water partition coefficient (Wildman–Crippen LogP) is 6.16. The average Bonchev–Trinajstić information content (AvgIpc) is 3.38. The molecule has 3 aromatic rings. The lowest BCUT2D eigenvalue weighted by molar-refractivity contribution is -0.122. The summed E-state index contributed by atoms with van der Waals surface area (Å²) in [4.78, 5) is 27.1. The van der Waals surface area contributed by atoms with Gasteiger partial charge < -0.3 is 9.15 Å². The van der Waals surface area contributed by atoms with Crippen molar-refractivity contribution in [1.29, 1.82) is 0 Å². The van der Waals surface area contributed by atoms with Gasteiger partial charge in [0, 0.05) is 11.6 Å². The van der Waals surface area contributed by atoms with Gasteiger partial charge in [-0.1, -0.05) is 80.3 Å². The number of carbonyl (C=O) groups is 2. The van der Waals surface area contributed by atoms with Gasteiger partial charge in [0.2, 0.25) is 0 Å². The Kier molecular flexibility index (Phi) is 7.11. The van der Waals surface area contributed by atoms with Crippen molar-refractivity contribution in [2.45, 2.75) is 20.4 Å². The standard InChI is InChI=1S/C26H23NO4S2/c1-17(2)16-30-25(29)20-10-8-19(9-11-20)22-13-12-21(31-22)14-23-24(28)27(26(32)33-23)15-18-6-4-3-5-7-18/h3-14,17H,15-16H2,1-2H3/b23-14+. The van der Waals surface area contributed by atoms with Crippen LogP contribution in [0.15, 0.2) is 76.1 Å². The molecule has 2 heterocycles. The molecule has 0 atom stereocenters. The third-order valence-electron chi connectivity index (χ3n) is 4.91. The molecule has 1 aliphatic rings. The fourth-order valence-corrected chi connectivity index (χ4v) is 4.45. The van der Waals surface area contributed by atoms with E-state index in [2.05, 4.69) is 0 Å². The highest BCUT2D eigenvalue weighted by Crippen LogP contribution is 2.34. The van der Waals surface area contributed by atoms with Crippen molar-refractivity contribution in [2.75, 3.05) is 6.61 Å². The number of thiocarbonyl (C=S) groups is 1. The normalized spacial score (nSPS) is 15.0. The van der Waals surface area contributed by atoms with Crippen molar-refractivity contribution in [3.63, 3.8) is 0 Å². The van der Waals surface area contributed by atoms with E-state index < -0.39 is 0 Å². The molecule has 0 bridgehead atoms. The van der Waals surface area contributed by atoms with Gasteiger partial charge in [0.1, 0.15) is 15.8 Å². The molecule has 0 saturated carbocycles. The second kappa shape index (κ2) is 10.2. The molecule has 0 spiro atoms. The topological polar surface area (TPSA) is 59.8 Å². The zero-order chi connectivity index (χ0) is 23.4. The maximum Gasteiger partial charge on any atom is 0.338 e. The SMILES string of the molecule is CC(C)COC(=O)c1ccc(-c2ccc(/C=C3/SC(=S)N(Cc4ccccc4)C3=O)o2)cc1. The molecule has 0 aliphatic carbocycles. The second-order valence-corrected chi connectivity index (χ2v) is 9.70. The van der Waals surface area contributed by atoms with E-state index in [0.717, 1.165) is 11.1 Å². The summed E-state index contributed by atoms with van der Waals surface area (Å²) in [6.07, 6.45) is 1.71. The Morgan fingerprint density at radius 3 is 2.52 bits per heavy atom. The number of amides is 1. The summed E-state index contributed by atoms with van der Waals surface area (Å²) in [5.41, 5.74) is 2.34. The Morgan fingerprint density at radius 2 is 1.82 bits per heavy atom. The van der Waals surface area contributed by atoms with E-state index in [-0.39, 0.29) is 17.8 Å². The lowest BCUT2D eigenvalue weighted by Gasteiger charge is -2.14. The van der Waals surface area contributed by atoms with Crippen LogP contribution >= 0.6 is 24.0 Å². The van der Waals surface area contributed by atoms with Crippen LogP contribution < -0.4 is 0 Å². The summed E-state index contributed by atoms with van der Waals surface area (Å²) >= 11 is 6.69. The van der Waals surface area contributed by atoms with Crippen molar-refractivity contribution >= 4 is 46.3 Å². The van der Waals surface area contributed by atoms with E-state index in [4.69, 9.17) is 21.4 Å². The van der Waals surface area contributed by atoms with Gasteiger partial charge in [-0.3, -0.25) is 9.69 Å². The molecule has 5 nitrogen and oxygen atoms in total. The number of benzene rings is 2. The van der Waals surface area contributed by atoms with E-state index in [1.54, 1.807) is 23.1 Å². The molecule has 7 heteroatoms. The summed E-state index contributed by atoms with van der Waals surface area (Å²) in [6, 6.07) is 20.5. The van der Waals surface area contributed by atoms with Crippen LogP contribution in [-0.2, 0) is 16.1 Å². The van der Waals surface area contributed by atoms with Gasteiger partial charge in [-0.2, -0.15) is 0 Å². The van der Waals surface area contributed by atoms with Gasteiger partial charge in [-0.15, -0.1) is 0 Å². The number of furan rings is 1. The van der Waals surface area contributed by atoms with Crippen molar-refractivity contribution in [3.8, 4) is 11.3 Å². The van der Waals surface area contributed by atoms with Crippen molar-refractivity contribution < 1.29 is 18.7 Å². The van der Waals surface area contributed by atoms with E-state index >= 15 is 0 Å². The molecule has 168 valence electrons. The molecule has 1 aromatic heterocycles. The number of rotatable bonds is 7. The first-order chi connectivity index (χ1) is 15.9. The van der Waals surface area contributed by atoms with Gasteiger partial charge in [0.15, 0.2) is 0 Å². The molecule has 1 amide bonds. The highest BCUT2D eigenvalue weighted by atomic mass is 32.2. The maximum absolute atomic E-state index is 12.9. The largest absolute Gasteiger partial charge is 0.462 e. The Hall–Kier alpha value is -3.16. The summed E-state index contributed by atoms with van der Waals surface area (Å²) < 4.78 is 11.7. The molecule has 2 aromatic carbocycles. The smallest absolute Gasteiger partial charge is 0.338 e. The van der Waals surface area contributed by atoms with Crippen molar-refractivity contribution in [1.82, 2.24) is 4.90 Å². The van der Waals surface area contributed by atoms with Gasteiger partial charge in [0.05, 0.1) is 23.6 Å². The number of hydrogen-bond donors (Lipinski definition) is 0. The Labute approximate surface area is 202 Å². The summed E-state index contributed by atoms with van der Waals surface area (Å²) in [6.45, 7) is 4.82. The molecule has 0 N–H and O–H groups in total. The number of ether oxygens (including phenoxy) is 1. The number of thioether (sulfide) groups is 1. The minimum Gasteiger partial charge on any atom is -0.462 e. The number of carbonyl (C=O) groups excluding carboxylic acids is 2. The molecule has 0 radical (unpaired) electrons. The Bertz CT molecular complexity index is 1200. The zero-order valence-corrected chi connectivity index (χ0v) is 19.9. The first kappa shape index (κ1) is 23.0. The van der Waals surface area contributed by atoms with Crippen LogP contribution in [0.1, 0.15) is 35.5 Å². The second-order valence-electron chi connectivity index (χ2n) is 8.03. The third kappa shape index (κ3) is 5.61. The molecule has 1 fully saturated rings. The van der Waals surface area contributed by atoms with Crippen LogP contribution in [0.25, 0.3) is 17.4 Å². The number of hydrogen-bond acceptors (Lipinski definition) is 6. The first-order valence-electron chi connectivity index (χ1n) is 10.6. The minimum atomic E-state index is -0.340. The van der Waals surface area contributed by atoms with Gasteiger partial charge in [-0.05, 0) is 35.7 Å². The highest BCUT2D eigenvalue weighted by molar-refractivity contribution is 8.26. The molecule has 4 rings (SSSR count). The van der Waals surface area contributed by atoms with E-state index in [1.807, 2.05) is 68.4 Å². The molecule has 1 aliphatic heterocycles. The van der Waals surface area contributed by atoms with Crippen molar-refractivity contribution in [3.05, 3.63) is 88.5 Å². The van der Waals surface area contributed by atoms with Crippen LogP contribution in [0.4, 0.5) is 0 Å². The third-order valence-corrected chi connectivity index (χ3v) is 6.29. The summed E-state index contributed by atoms with van der Waals surface area (Å²) in [5.74, 6) is 1.02. The lowest BCUT2D eigenvalue weighted by Crippen LogP contribution is -2.27. The number of esters is 1. The fourth-order valence-electron chi connectivity index (χ4n) is 3.21. The van der Waals surface area contributed by atoms with Crippen LogP contribution in [0.3, 0.4) is 0 Å². The molecule has 1 saturated heterocycles.